The zero-order valence-electron chi connectivity index (χ0n) is 12.0. The van der Waals surface area contributed by atoms with Crippen LogP contribution in [-0.2, 0) is 22.6 Å². The van der Waals surface area contributed by atoms with Crippen LogP contribution in [-0.4, -0.2) is 18.4 Å². The van der Waals surface area contributed by atoms with Gasteiger partial charge in [-0.15, -0.1) is 0 Å². The Morgan fingerprint density at radius 2 is 1.50 bits per heavy atom. The van der Waals surface area contributed by atoms with Gasteiger partial charge in [0.15, 0.2) is 0 Å². The lowest BCUT2D eigenvalue weighted by molar-refractivity contribution is -0.125. The Labute approximate surface area is 128 Å². The van der Waals surface area contributed by atoms with E-state index >= 15 is 0 Å². The van der Waals surface area contributed by atoms with E-state index in [0.717, 1.165) is 5.56 Å². The molecule has 0 aliphatic rings. The molecule has 0 aliphatic heterocycles. The molecule has 22 heavy (non-hydrogen) atoms. The quantitative estimate of drug-likeness (QED) is 0.854. The van der Waals surface area contributed by atoms with Crippen molar-refractivity contribution in [3.05, 3.63) is 71.5 Å². The lowest BCUT2D eigenvalue weighted by Crippen LogP contribution is -2.37. The molecule has 2 amide bonds. The average molecular weight is 300 g/mol. The van der Waals surface area contributed by atoms with Crippen LogP contribution in [0.1, 0.15) is 11.1 Å². The number of benzene rings is 2. The molecule has 0 unspecified atom stereocenters. The Kier molecular flexibility index (Phi) is 5.65. The highest BCUT2D eigenvalue weighted by molar-refractivity contribution is 5.85. The van der Waals surface area contributed by atoms with Gasteiger partial charge in [0, 0.05) is 6.54 Å². The normalized spacial score (nSPS) is 10.0. The van der Waals surface area contributed by atoms with Crippen molar-refractivity contribution in [2.45, 2.75) is 13.0 Å². The summed E-state index contributed by atoms with van der Waals surface area (Å²) >= 11 is 0. The fraction of sp³-hybridized carbons (Fsp3) is 0.176. The molecule has 0 aliphatic carbocycles. The molecule has 0 bridgehead atoms. The average Bonchev–Trinajstić information content (AvgIpc) is 2.54. The first-order valence-electron chi connectivity index (χ1n) is 6.95. The predicted molar refractivity (Wildman–Crippen MR) is 81.4 cm³/mol. The number of carbonyl (C=O) groups is 2. The third kappa shape index (κ3) is 5.36. The molecule has 0 spiro atoms. The van der Waals surface area contributed by atoms with Crippen LogP contribution in [0.4, 0.5) is 4.39 Å². The molecule has 114 valence electrons. The molecule has 0 saturated carbocycles. The summed E-state index contributed by atoms with van der Waals surface area (Å²) < 4.78 is 12.7. The van der Waals surface area contributed by atoms with Gasteiger partial charge in [-0.2, -0.15) is 0 Å². The Morgan fingerprint density at radius 3 is 2.18 bits per heavy atom. The maximum Gasteiger partial charge on any atom is 0.239 e. The predicted octanol–water partition coefficient (Wildman–Crippen LogP) is 1.80. The number of amides is 2. The topological polar surface area (TPSA) is 58.2 Å². The van der Waals surface area contributed by atoms with Gasteiger partial charge in [0.2, 0.25) is 11.8 Å². The van der Waals surface area contributed by atoms with Crippen LogP contribution in [0.2, 0.25) is 0 Å². The number of rotatable bonds is 6. The van der Waals surface area contributed by atoms with Crippen molar-refractivity contribution in [1.82, 2.24) is 10.6 Å². The molecular formula is C17H17FN2O2. The van der Waals surface area contributed by atoms with Gasteiger partial charge in [-0.05, 0) is 23.3 Å². The number of nitrogens with one attached hydrogen (secondary N) is 2. The molecule has 0 saturated heterocycles. The van der Waals surface area contributed by atoms with E-state index in [0.29, 0.717) is 12.1 Å². The Balaban J connectivity index is 1.69. The van der Waals surface area contributed by atoms with Crippen molar-refractivity contribution in [3.63, 3.8) is 0 Å². The Hall–Kier alpha value is -2.69. The first-order valence-corrected chi connectivity index (χ1v) is 6.95. The Bertz CT molecular complexity index is 627. The maximum atomic E-state index is 12.7. The summed E-state index contributed by atoms with van der Waals surface area (Å²) in [4.78, 5) is 23.3. The highest BCUT2D eigenvalue weighted by Gasteiger charge is 2.06. The van der Waals surface area contributed by atoms with Crippen LogP contribution in [0.25, 0.3) is 0 Å². The molecule has 2 rings (SSSR count). The fourth-order valence-corrected chi connectivity index (χ4v) is 1.89. The zero-order valence-corrected chi connectivity index (χ0v) is 12.0. The van der Waals surface area contributed by atoms with Gasteiger partial charge in [-0.25, -0.2) is 4.39 Å². The summed E-state index contributed by atoms with van der Waals surface area (Å²) in [5.41, 5.74) is 1.69. The van der Waals surface area contributed by atoms with Crippen molar-refractivity contribution in [3.8, 4) is 0 Å². The number of hydrogen-bond acceptors (Lipinski definition) is 2. The van der Waals surface area contributed by atoms with Gasteiger partial charge >= 0.3 is 0 Å². The lowest BCUT2D eigenvalue weighted by Gasteiger charge is -2.07. The third-order valence-corrected chi connectivity index (χ3v) is 3.06. The fourth-order valence-electron chi connectivity index (χ4n) is 1.89. The second-order valence-electron chi connectivity index (χ2n) is 4.84. The van der Waals surface area contributed by atoms with Gasteiger partial charge in [0.1, 0.15) is 5.82 Å². The van der Waals surface area contributed by atoms with E-state index in [4.69, 9.17) is 0 Å². The molecule has 0 fully saturated rings. The summed E-state index contributed by atoms with van der Waals surface area (Å²) in [5, 5.41) is 5.26. The van der Waals surface area contributed by atoms with Crippen LogP contribution in [0.15, 0.2) is 54.6 Å². The highest BCUT2D eigenvalue weighted by Crippen LogP contribution is 2.03. The lowest BCUT2D eigenvalue weighted by atomic mass is 10.1. The van der Waals surface area contributed by atoms with Crippen molar-refractivity contribution in [2.24, 2.45) is 0 Å². The molecule has 0 heterocycles. The molecular weight excluding hydrogens is 283 g/mol. The van der Waals surface area contributed by atoms with E-state index in [1.807, 2.05) is 30.3 Å². The van der Waals surface area contributed by atoms with Gasteiger partial charge in [-0.3, -0.25) is 9.59 Å². The van der Waals surface area contributed by atoms with Crippen LogP contribution in [0.5, 0.6) is 0 Å². The minimum Gasteiger partial charge on any atom is -0.350 e. The Morgan fingerprint density at radius 1 is 0.818 bits per heavy atom. The van der Waals surface area contributed by atoms with Crippen molar-refractivity contribution >= 4 is 11.8 Å². The summed E-state index contributed by atoms with van der Waals surface area (Å²) in [6, 6.07) is 15.2. The van der Waals surface area contributed by atoms with Gasteiger partial charge in [0.25, 0.3) is 0 Å². The summed E-state index contributed by atoms with van der Waals surface area (Å²) in [5.74, 6) is -0.873. The van der Waals surface area contributed by atoms with Gasteiger partial charge < -0.3 is 10.6 Å². The summed E-state index contributed by atoms with van der Waals surface area (Å²) in [7, 11) is 0. The van der Waals surface area contributed by atoms with Crippen molar-refractivity contribution in [2.75, 3.05) is 6.54 Å². The molecule has 2 N–H and O–H groups in total. The summed E-state index contributed by atoms with van der Waals surface area (Å²) in [6.45, 7) is 0.348. The van der Waals surface area contributed by atoms with Gasteiger partial charge in [0.05, 0.1) is 13.0 Å². The van der Waals surface area contributed by atoms with Crippen molar-refractivity contribution < 1.29 is 14.0 Å². The standard InChI is InChI=1S/C17H17FN2O2/c18-15-8-6-13(7-9-15)10-16(21)20-12-17(22)19-11-14-4-2-1-3-5-14/h1-9H,10-12H2,(H,19,22)(H,20,21). The first kappa shape index (κ1) is 15.7. The highest BCUT2D eigenvalue weighted by atomic mass is 19.1. The van der Waals surface area contributed by atoms with Gasteiger partial charge in [-0.1, -0.05) is 42.5 Å². The summed E-state index contributed by atoms with van der Waals surface area (Å²) in [6.07, 6.45) is 0.117. The minimum absolute atomic E-state index is 0.0765. The molecule has 0 radical (unpaired) electrons. The zero-order chi connectivity index (χ0) is 15.8. The second kappa shape index (κ2) is 7.93. The SMILES string of the molecule is O=C(CNC(=O)Cc1ccc(F)cc1)NCc1ccccc1. The van der Waals surface area contributed by atoms with Crippen LogP contribution in [0.3, 0.4) is 0 Å². The van der Waals surface area contributed by atoms with E-state index in [2.05, 4.69) is 10.6 Å². The molecule has 2 aromatic rings. The first-order chi connectivity index (χ1) is 10.6. The van der Waals surface area contributed by atoms with Crippen LogP contribution < -0.4 is 10.6 Å². The number of carbonyl (C=O) groups excluding carboxylic acids is 2. The molecule has 0 aromatic heterocycles. The maximum absolute atomic E-state index is 12.7. The van der Waals surface area contributed by atoms with E-state index in [1.165, 1.54) is 12.1 Å². The number of hydrogen-bond donors (Lipinski definition) is 2. The third-order valence-electron chi connectivity index (χ3n) is 3.06. The monoisotopic (exact) mass is 300 g/mol. The van der Waals surface area contributed by atoms with Crippen LogP contribution in [0, 0.1) is 5.82 Å². The van der Waals surface area contributed by atoms with E-state index in [-0.39, 0.29) is 30.6 Å². The largest absolute Gasteiger partial charge is 0.350 e. The van der Waals surface area contributed by atoms with Crippen molar-refractivity contribution in [1.29, 1.82) is 0 Å². The molecule has 2 aromatic carbocycles. The number of halogens is 1. The van der Waals surface area contributed by atoms with Crippen LogP contribution >= 0.6 is 0 Å². The molecule has 4 nitrogen and oxygen atoms in total. The van der Waals surface area contributed by atoms with E-state index in [9.17, 15) is 14.0 Å². The minimum atomic E-state index is -0.343. The molecule has 0 atom stereocenters. The van der Waals surface area contributed by atoms with E-state index in [1.54, 1.807) is 12.1 Å². The van der Waals surface area contributed by atoms with E-state index < -0.39 is 0 Å². The smallest absolute Gasteiger partial charge is 0.239 e. The molecule has 5 heteroatoms. The second-order valence-corrected chi connectivity index (χ2v) is 4.84.